The van der Waals surface area contributed by atoms with Gasteiger partial charge in [-0.15, -0.1) is 0 Å². The van der Waals surface area contributed by atoms with Gasteiger partial charge in [-0.25, -0.2) is 4.39 Å². The summed E-state index contributed by atoms with van der Waals surface area (Å²) in [4.78, 5) is 0. The lowest BCUT2D eigenvalue weighted by Crippen LogP contribution is -2.22. The smallest absolute Gasteiger partial charge is 0.165 e. The highest BCUT2D eigenvalue weighted by Gasteiger charge is 2.37. The van der Waals surface area contributed by atoms with Crippen LogP contribution < -0.4 is 10.5 Å². The predicted molar refractivity (Wildman–Crippen MR) is 57.4 cm³/mol. The standard InChI is InChI=1S/C12H16FNO/c1-15-11-3-2-9(8-10(11)13)4-5-12(14)6-7-12/h2-3,8H,4-7,14H2,1H3. The summed E-state index contributed by atoms with van der Waals surface area (Å²) in [6.07, 6.45) is 3.99. The number of rotatable bonds is 4. The Labute approximate surface area is 89.2 Å². The molecule has 0 heterocycles. The van der Waals surface area contributed by atoms with Crippen molar-refractivity contribution in [2.75, 3.05) is 7.11 Å². The van der Waals surface area contributed by atoms with Gasteiger partial charge in [-0.3, -0.25) is 0 Å². The highest BCUT2D eigenvalue weighted by atomic mass is 19.1. The largest absolute Gasteiger partial charge is 0.494 e. The fourth-order valence-corrected chi connectivity index (χ4v) is 1.67. The second-order valence-electron chi connectivity index (χ2n) is 4.33. The van der Waals surface area contributed by atoms with Crippen molar-refractivity contribution in [3.8, 4) is 5.75 Å². The van der Waals surface area contributed by atoms with Gasteiger partial charge in [0, 0.05) is 5.54 Å². The first-order valence-electron chi connectivity index (χ1n) is 5.24. The van der Waals surface area contributed by atoms with E-state index in [0.29, 0.717) is 5.75 Å². The third-order valence-electron chi connectivity index (χ3n) is 3.02. The summed E-state index contributed by atoms with van der Waals surface area (Å²) in [5, 5.41) is 0. The molecule has 1 aliphatic carbocycles. The molecule has 0 spiro atoms. The van der Waals surface area contributed by atoms with Gasteiger partial charge in [-0.1, -0.05) is 6.07 Å². The van der Waals surface area contributed by atoms with E-state index in [-0.39, 0.29) is 11.4 Å². The van der Waals surface area contributed by atoms with E-state index in [0.717, 1.165) is 31.2 Å². The number of methoxy groups -OCH3 is 1. The number of hydrogen-bond donors (Lipinski definition) is 1. The molecule has 0 aliphatic heterocycles. The molecule has 0 amide bonds. The van der Waals surface area contributed by atoms with Crippen molar-refractivity contribution in [1.29, 1.82) is 0 Å². The molecular weight excluding hydrogens is 193 g/mol. The average molecular weight is 209 g/mol. The van der Waals surface area contributed by atoms with E-state index in [1.165, 1.54) is 13.2 Å². The third kappa shape index (κ3) is 2.48. The molecule has 0 radical (unpaired) electrons. The lowest BCUT2D eigenvalue weighted by molar-refractivity contribution is 0.386. The Morgan fingerprint density at radius 1 is 1.47 bits per heavy atom. The maximum Gasteiger partial charge on any atom is 0.165 e. The molecule has 2 rings (SSSR count). The van der Waals surface area contributed by atoms with E-state index in [1.807, 2.05) is 6.07 Å². The Morgan fingerprint density at radius 3 is 2.73 bits per heavy atom. The molecule has 1 aromatic rings. The zero-order valence-electron chi connectivity index (χ0n) is 8.92. The SMILES string of the molecule is COc1ccc(CCC2(N)CC2)cc1F. The molecule has 1 aromatic carbocycles. The van der Waals surface area contributed by atoms with E-state index in [4.69, 9.17) is 10.5 Å². The Balaban J connectivity index is 1.99. The predicted octanol–water partition coefficient (Wildman–Crippen LogP) is 2.26. The Kier molecular flexibility index (Phi) is 2.65. The van der Waals surface area contributed by atoms with Crippen LogP contribution in [-0.2, 0) is 6.42 Å². The molecule has 0 saturated heterocycles. The first-order valence-corrected chi connectivity index (χ1v) is 5.24. The summed E-state index contributed by atoms with van der Waals surface area (Å²) >= 11 is 0. The van der Waals surface area contributed by atoms with E-state index < -0.39 is 0 Å². The number of aryl methyl sites for hydroxylation is 1. The third-order valence-corrected chi connectivity index (χ3v) is 3.02. The Morgan fingerprint density at radius 2 is 2.20 bits per heavy atom. The van der Waals surface area contributed by atoms with Crippen LogP contribution in [0.15, 0.2) is 18.2 Å². The maximum absolute atomic E-state index is 13.3. The lowest BCUT2D eigenvalue weighted by Gasteiger charge is -2.09. The highest BCUT2D eigenvalue weighted by molar-refractivity contribution is 5.29. The van der Waals surface area contributed by atoms with Crippen LogP contribution in [0.25, 0.3) is 0 Å². The summed E-state index contributed by atoms with van der Waals surface area (Å²) in [6, 6.07) is 5.10. The summed E-state index contributed by atoms with van der Waals surface area (Å²) in [5.74, 6) is 0.00417. The van der Waals surface area contributed by atoms with Gasteiger partial charge in [0.2, 0.25) is 0 Å². The monoisotopic (exact) mass is 209 g/mol. The minimum Gasteiger partial charge on any atom is -0.494 e. The van der Waals surface area contributed by atoms with E-state index in [1.54, 1.807) is 6.07 Å². The maximum atomic E-state index is 13.3. The molecule has 0 aromatic heterocycles. The number of ether oxygens (including phenoxy) is 1. The van der Waals surface area contributed by atoms with Gasteiger partial charge in [0.1, 0.15) is 0 Å². The van der Waals surface area contributed by atoms with Crippen LogP contribution in [0.4, 0.5) is 4.39 Å². The van der Waals surface area contributed by atoms with Gasteiger partial charge < -0.3 is 10.5 Å². The minimum atomic E-state index is -0.295. The quantitative estimate of drug-likeness (QED) is 0.825. The van der Waals surface area contributed by atoms with Gasteiger partial charge >= 0.3 is 0 Å². The molecule has 2 N–H and O–H groups in total. The van der Waals surface area contributed by atoms with Gasteiger partial charge in [-0.05, 0) is 43.4 Å². The van der Waals surface area contributed by atoms with Gasteiger partial charge in [0.15, 0.2) is 11.6 Å². The van der Waals surface area contributed by atoms with Gasteiger partial charge in [0.25, 0.3) is 0 Å². The van der Waals surface area contributed by atoms with Gasteiger partial charge in [-0.2, -0.15) is 0 Å². The molecule has 1 fully saturated rings. The molecule has 0 unspecified atom stereocenters. The number of halogens is 1. The van der Waals surface area contributed by atoms with Crippen LogP contribution in [0.2, 0.25) is 0 Å². The molecule has 1 aliphatic rings. The van der Waals surface area contributed by atoms with Crippen LogP contribution in [0, 0.1) is 5.82 Å². The summed E-state index contributed by atoms with van der Waals surface area (Å²) in [6.45, 7) is 0. The second-order valence-corrected chi connectivity index (χ2v) is 4.33. The summed E-state index contributed by atoms with van der Waals surface area (Å²) in [7, 11) is 1.47. The van der Waals surface area contributed by atoms with Crippen molar-refractivity contribution in [2.24, 2.45) is 5.73 Å². The van der Waals surface area contributed by atoms with Crippen LogP contribution in [0.3, 0.4) is 0 Å². The summed E-state index contributed by atoms with van der Waals surface area (Å²) < 4.78 is 18.2. The number of benzene rings is 1. The van der Waals surface area contributed by atoms with Crippen LogP contribution in [0.1, 0.15) is 24.8 Å². The minimum absolute atomic E-state index is 0.0381. The Hall–Kier alpha value is -1.09. The normalized spacial score (nSPS) is 17.5. The van der Waals surface area contributed by atoms with Crippen LogP contribution in [0.5, 0.6) is 5.75 Å². The summed E-state index contributed by atoms with van der Waals surface area (Å²) in [5.41, 5.74) is 7.00. The number of nitrogens with two attached hydrogens (primary N) is 1. The molecule has 82 valence electrons. The molecule has 0 atom stereocenters. The lowest BCUT2D eigenvalue weighted by atomic mass is 10.0. The van der Waals surface area contributed by atoms with E-state index >= 15 is 0 Å². The average Bonchev–Trinajstić information content (AvgIpc) is 2.95. The van der Waals surface area contributed by atoms with Crippen molar-refractivity contribution in [2.45, 2.75) is 31.2 Å². The van der Waals surface area contributed by atoms with Crippen molar-refractivity contribution in [3.63, 3.8) is 0 Å². The van der Waals surface area contributed by atoms with Crippen molar-refractivity contribution < 1.29 is 9.13 Å². The first kappa shape index (κ1) is 10.4. The topological polar surface area (TPSA) is 35.2 Å². The molecule has 15 heavy (non-hydrogen) atoms. The zero-order valence-corrected chi connectivity index (χ0v) is 8.92. The molecule has 1 saturated carbocycles. The van der Waals surface area contributed by atoms with Crippen LogP contribution >= 0.6 is 0 Å². The Bertz CT molecular complexity index is 361. The zero-order chi connectivity index (χ0) is 10.9. The molecule has 0 bridgehead atoms. The van der Waals surface area contributed by atoms with Crippen molar-refractivity contribution in [3.05, 3.63) is 29.6 Å². The number of hydrogen-bond acceptors (Lipinski definition) is 2. The first-order chi connectivity index (χ1) is 7.13. The fourth-order valence-electron chi connectivity index (χ4n) is 1.67. The van der Waals surface area contributed by atoms with Crippen molar-refractivity contribution >= 4 is 0 Å². The molecular formula is C12H16FNO. The van der Waals surface area contributed by atoms with E-state index in [9.17, 15) is 4.39 Å². The van der Waals surface area contributed by atoms with Crippen LogP contribution in [-0.4, -0.2) is 12.6 Å². The molecule has 2 nitrogen and oxygen atoms in total. The van der Waals surface area contributed by atoms with Gasteiger partial charge in [0.05, 0.1) is 7.11 Å². The fraction of sp³-hybridized carbons (Fsp3) is 0.500. The van der Waals surface area contributed by atoms with Crippen molar-refractivity contribution in [1.82, 2.24) is 0 Å². The van der Waals surface area contributed by atoms with E-state index in [2.05, 4.69) is 0 Å². The molecule has 3 heteroatoms. The second kappa shape index (κ2) is 3.81. The highest BCUT2D eigenvalue weighted by Crippen LogP contribution is 2.36.